The van der Waals surface area contributed by atoms with Crippen molar-refractivity contribution >= 4 is 18.4 Å². The summed E-state index contributed by atoms with van der Waals surface area (Å²) in [6.07, 6.45) is 4.80. The van der Waals surface area contributed by atoms with Gasteiger partial charge in [0.15, 0.2) is 0 Å². The molecule has 0 aromatic carbocycles. The fourth-order valence-electron chi connectivity index (χ4n) is 3.19. The molecule has 0 spiro atoms. The van der Waals surface area contributed by atoms with Crippen LogP contribution in [-0.4, -0.2) is 31.2 Å². The van der Waals surface area contributed by atoms with Crippen LogP contribution in [0.2, 0.25) is 0 Å². The number of nitrogens with zero attached hydrogens (tertiary/aromatic N) is 3. The van der Waals surface area contributed by atoms with E-state index in [1.54, 1.807) is 19.2 Å². The molecule has 1 atom stereocenters. The second-order valence-electron chi connectivity index (χ2n) is 6.27. The summed E-state index contributed by atoms with van der Waals surface area (Å²) >= 11 is 0. The van der Waals surface area contributed by atoms with Crippen molar-refractivity contribution in [2.75, 3.05) is 0 Å². The molecular weight excluding hydrogens is 360 g/mol. The number of nitrogens with two attached hydrogens (primary N) is 1. The van der Waals surface area contributed by atoms with Crippen LogP contribution in [0.3, 0.4) is 0 Å². The van der Waals surface area contributed by atoms with Crippen LogP contribution in [0.1, 0.15) is 29.8 Å². The lowest BCUT2D eigenvalue weighted by Gasteiger charge is -2.20. The average molecular weight is 381 g/mol. The Balaban J connectivity index is 0.00000243. The summed E-state index contributed by atoms with van der Waals surface area (Å²) in [6, 6.07) is 2.14. The maximum Gasteiger partial charge on any atom is 0.335 e. The number of hydrogen-bond donors (Lipinski definition) is 2. The first-order valence-electron chi connectivity index (χ1n) is 8.17. The first-order valence-corrected chi connectivity index (χ1v) is 8.17. The van der Waals surface area contributed by atoms with E-state index in [0.717, 1.165) is 29.5 Å². The third-order valence-electron chi connectivity index (χ3n) is 4.60. The van der Waals surface area contributed by atoms with Gasteiger partial charge in [0, 0.05) is 30.4 Å². The van der Waals surface area contributed by atoms with Gasteiger partial charge >= 0.3 is 11.7 Å². The van der Waals surface area contributed by atoms with Crippen molar-refractivity contribution in [2.45, 2.75) is 38.1 Å². The van der Waals surface area contributed by atoms with Crippen LogP contribution in [0.4, 0.5) is 0 Å². The van der Waals surface area contributed by atoms with Gasteiger partial charge in [-0.15, -0.1) is 12.4 Å². The maximum atomic E-state index is 12.8. The summed E-state index contributed by atoms with van der Waals surface area (Å²) in [5, 5.41) is 8.85. The second-order valence-corrected chi connectivity index (χ2v) is 6.27. The number of aromatic nitrogens is 3. The molecule has 2 aromatic rings. The largest absolute Gasteiger partial charge is 0.480 e. The van der Waals surface area contributed by atoms with Crippen LogP contribution in [0.25, 0.3) is 5.69 Å². The predicted molar refractivity (Wildman–Crippen MR) is 98.3 cm³/mol. The van der Waals surface area contributed by atoms with Crippen molar-refractivity contribution in [3.8, 4) is 5.69 Å². The smallest absolute Gasteiger partial charge is 0.335 e. The molecular formula is C17H21ClN4O4. The Morgan fingerprint density at radius 1 is 1.31 bits per heavy atom. The molecule has 1 aliphatic carbocycles. The highest BCUT2D eigenvalue weighted by Gasteiger charge is 2.21. The monoisotopic (exact) mass is 380 g/mol. The van der Waals surface area contributed by atoms with Crippen molar-refractivity contribution in [2.24, 2.45) is 12.8 Å². The van der Waals surface area contributed by atoms with Gasteiger partial charge in [-0.2, -0.15) is 0 Å². The summed E-state index contributed by atoms with van der Waals surface area (Å²) in [6.45, 7) is 0. The fraction of sp³-hybridized carbons (Fsp3) is 0.412. The fourth-order valence-corrected chi connectivity index (χ4v) is 3.19. The first-order chi connectivity index (χ1) is 11.9. The minimum atomic E-state index is -1.11. The van der Waals surface area contributed by atoms with E-state index in [1.807, 2.05) is 0 Å². The molecule has 1 aliphatic rings. The molecule has 0 unspecified atom stereocenters. The van der Waals surface area contributed by atoms with Gasteiger partial charge in [0.1, 0.15) is 6.04 Å². The molecule has 26 heavy (non-hydrogen) atoms. The third kappa shape index (κ3) is 3.56. The van der Waals surface area contributed by atoms with Crippen molar-refractivity contribution < 1.29 is 9.90 Å². The predicted octanol–water partition coefficient (Wildman–Crippen LogP) is 0.186. The van der Waals surface area contributed by atoms with Crippen molar-refractivity contribution in [3.63, 3.8) is 0 Å². The van der Waals surface area contributed by atoms with Gasteiger partial charge in [-0.3, -0.25) is 14.6 Å². The minimum absolute atomic E-state index is 0. The van der Waals surface area contributed by atoms with E-state index in [2.05, 4.69) is 4.98 Å². The molecule has 0 saturated heterocycles. The van der Waals surface area contributed by atoms with Gasteiger partial charge in [-0.1, -0.05) is 0 Å². The van der Waals surface area contributed by atoms with Crippen LogP contribution >= 0.6 is 12.4 Å². The van der Waals surface area contributed by atoms with Gasteiger partial charge in [0.25, 0.3) is 5.56 Å². The van der Waals surface area contributed by atoms with E-state index in [1.165, 1.54) is 10.8 Å². The van der Waals surface area contributed by atoms with Crippen LogP contribution < -0.4 is 17.0 Å². The van der Waals surface area contributed by atoms with E-state index in [9.17, 15) is 14.4 Å². The highest BCUT2D eigenvalue weighted by Crippen LogP contribution is 2.16. The summed E-state index contributed by atoms with van der Waals surface area (Å²) in [5.41, 5.74) is 7.15. The zero-order valence-corrected chi connectivity index (χ0v) is 15.2. The lowest BCUT2D eigenvalue weighted by atomic mass is 9.97. The van der Waals surface area contributed by atoms with Crippen molar-refractivity contribution in [3.05, 3.63) is 56.1 Å². The van der Waals surface area contributed by atoms with Gasteiger partial charge in [-0.05, 0) is 37.8 Å². The van der Waals surface area contributed by atoms with Gasteiger partial charge in [0.2, 0.25) is 0 Å². The Kier molecular flexibility index (Phi) is 5.99. The zero-order valence-electron chi connectivity index (χ0n) is 14.3. The molecule has 0 fully saturated rings. The lowest BCUT2D eigenvalue weighted by molar-refractivity contribution is -0.138. The molecule has 0 aliphatic heterocycles. The van der Waals surface area contributed by atoms with E-state index in [0.29, 0.717) is 23.4 Å². The minimum Gasteiger partial charge on any atom is -0.480 e. The number of rotatable bonds is 4. The number of aliphatic carboxylic acids is 1. The maximum absolute atomic E-state index is 12.8. The first kappa shape index (κ1) is 19.9. The molecule has 0 saturated carbocycles. The molecule has 3 rings (SSSR count). The summed E-state index contributed by atoms with van der Waals surface area (Å²) in [4.78, 5) is 40.3. The van der Waals surface area contributed by atoms with Crippen molar-refractivity contribution in [1.82, 2.24) is 14.1 Å². The highest BCUT2D eigenvalue weighted by atomic mass is 35.5. The quantitative estimate of drug-likeness (QED) is 0.781. The van der Waals surface area contributed by atoms with Crippen LogP contribution in [0, 0.1) is 0 Å². The number of hydrogen-bond acceptors (Lipinski definition) is 5. The summed E-state index contributed by atoms with van der Waals surface area (Å²) in [5.74, 6) is -1.11. The van der Waals surface area contributed by atoms with E-state index >= 15 is 0 Å². The molecule has 8 nitrogen and oxygen atoms in total. The molecule has 2 aromatic heterocycles. The summed E-state index contributed by atoms with van der Waals surface area (Å²) in [7, 11) is 1.68. The number of carboxylic acid groups (broad SMARTS) is 1. The molecule has 0 bridgehead atoms. The highest BCUT2D eigenvalue weighted by molar-refractivity contribution is 5.85. The van der Waals surface area contributed by atoms with Gasteiger partial charge < -0.3 is 15.4 Å². The SMILES string of the molecule is Cl.Cn1c2c(c(=O)n(-c3ccc(C[C@H](N)C(=O)O)nc3)c1=O)CCCC2. The average Bonchev–Trinajstić information content (AvgIpc) is 2.61. The summed E-state index contributed by atoms with van der Waals surface area (Å²) < 4.78 is 2.65. The normalized spacial score (nSPS) is 14.2. The lowest BCUT2D eigenvalue weighted by Crippen LogP contribution is -2.42. The number of carboxylic acids is 1. The Labute approximate surface area is 155 Å². The zero-order chi connectivity index (χ0) is 18.1. The van der Waals surface area contributed by atoms with Gasteiger partial charge in [0.05, 0.1) is 11.9 Å². The Hall–Kier alpha value is -2.45. The van der Waals surface area contributed by atoms with Crippen molar-refractivity contribution in [1.29, 1.82) is 0 Å². The number of halogens is 1. The van der Waals surface area contributed by atoms with Gasteiger partial charge in [-0.25, -0.2) is 9.36 Å². The molecule has 0 amide bonds. The molecule has 9 heteroatoms. The number of pyridine rings is 1. The third-order valence-corrected chi connectivity index (χ3v) is 4.60. The van der Waals surface area contributed by atoms with Crippen LogP contribution in [0.5, 0.6) is 0 Å². The Morgan fingerprint density at radius 2 is 2.00 bits per heavy atom. The Morgan fingerprint density at radius 3 is 2.62 bits per heavy atom. The molecule has 140 valence electrons. The van der Waals surface area contributed by atoms with E-state index in [-0.39, 0.29) is 24.4 Å². The topological polar surface area (TPSA) is 120 Å². The molecule has 3 N–H and O–H groups in total. The van der Waals surface area contributed by atoms with Crippen LogP contribution in [-0.2, 0) is 31.1 Å². The number of fused-ring (bicyclic) bond motifs is 1. The standard InChI is InChI=1S/C17H20N4O4.ClH/c1-20-14-5-3-2-4-12(14)15(22)21(17(20)25)11-7-6-10(19-9-11)8-13(18)16(23)24;/h6-7,9,13H,2-5,8,18H2,1H3,(H,23,24);1H/t13-;/m0./s1. The Bertz CT molecular complexity index is 934. The second kappa shape index (κ2) is 7.84. The molecule has 2 heterocycles. The molecule has 0 radical (unpaired) electrons. The van der Waals surface area contributed by atoms with E-state index in [4.69, 9.17) is 10.8 Å². The number of carbonyl (C=O) groups is 1. The van der Waals surface area contributed by atoms with E-state index < -0.39 is 17.7 Å². The van der Waals surface area contributed by atoms with Crippen LogP contribution in [0.15, 0.2) is 27.9 Å².